The number of alkyl halides is 5. The molecule has 1 aromatic carbocycles. The van der Waals surface area contributed by atoms with E-state index in [-0.39, 0.29) is 46.0 Å². The molecule has 1 amide bonds. The number of nitrogens with one attached hydrogen (secondary N) is 1. The van der Waals surface area contributed by atoms with Crippen molar-refractivity contribution in [1.29, 1.82) is 0 Å². The van der Waals surface area contributed by atoms with Crippen molar-refractivity contribution in [2.75, 3.05) is 19.3 Å². The number of sulfonamides is 1. The van der Waals surface area contributed by atoms with E-state index in [4.69, 9.17) is 27.6 Å². The van der Waals surface area contributed by atoms with Crippen LogP contribution in [-0.2, 0) is 25.6 Å². The fourth-order valence-corrected chi connectivity index (χ4v) is 7.55. The van der Waals surface area contributed by atoms with Gasteiger partial charge in [0.1, 0.15) is 22.4 Å². The number of sulfone groups is 1. The van der Waals surface area contributed by atoms with Crippen LogP contribution in [-0.4, -0.2) is 80.3 Å². The summed E-state index contributed by atoms with van der Waals surface area (Å²) >= 11 is 13.3. The third-order valence-corrected chi connectivity index (χ3v) is 10.5. The van der Waals surface area contributed by atoms with Crippen LogP contribution in [0.15, 0.2) is 21.4 Å². The fraction of sp³-hybridized carbons (Fsp3) is 0.455. The molecule has 0 unspecified atom stereocenters. The summed E-state index contributed by atoms with van der Waals surface area (Å²) in [7, 11) is -8.38. The zero-order valence-corrected chi connectivity index (χ0v) is 25.8. The van der Waals surface area contributed by atoms with E-state index in [1.807, 2.05) is 0 Å². The highest BCUT2D eigenvalue weighted by Gasteiger charge is 2.40. The Kier molecular flexibility index (Phi) is 9.18. The number of benzene rings is 1. The molecule has 236 valence electrons. The van der Waals surface area contributed by atoms with Crippen molar-refractivity contribution in [2.24, 2.45) is 0 Å². The largest absolute Gasteiger partial charge is 0.418 e. The van der Waals surface area contributed by atoms with Crippen LogP contribution in [0.4, 0.5) is 22.0 Å². The molecule has 1 aliphatic heterocycles. The van der Waals surface area contributed by atoms with Crippen LogP contribution < -0.4 is 4.72 Å². The predicted octanol–water partition coefficient (Wildman–Crippen LogP) is 4.81. The van der Waals surface area contributed by atoms with Gasteiger partial charge in [-0.25, -0.2) is 30.6 Å². The molecule has 1 N–H and O–H groups in total. The van der Waals surface area contributed by atoms with Crippen molar-refractivity contribution in [3.8, 4) is 21.3 Å². The molecule has 1 aliphatic rings. The number of likely N-dealkylation sites (tertiary alicyclic amines) is 1. The Morgan fingerprint density at radius 2 is 1.77 bits per heavy atom. The van der Waals surface area contributed by atoms with Gasteiger partial charge in [0.15, 0.2) is 14.8 Å². The summed E-state index contributed by atoms with van der Waals surface area (Å²) in [5.74, 6) is -4.93. The summed E-state index contributed by atoms with van der Waals surface area (Å²) in [5, 5.41) is 6.15. The number of carbonyl (C=O) groups is 1. The first-order valence-corrected chi connectivity index (χ1v) is 17.1. The van der Waals surface area contributed by atoms with Crippen molar-refractivity contribution >= 4 is 60.3 Å². The third kappa shape index (κ3) is 7.62. The molecule has 0 radical (unpaired) electrons. The monoisotopic (exact) mass is 711 g/mol. The Bertz CT molecular complexity index is 1770. The second kappa shape index (κ2) is 11.8. The molecule has 3 heterocycles. The smallest absolute Gasteiger partial charge is 0.404 e. The average Bonchev–Trinajstić information content (AvgIpc) is 3.50. The van der Waals surface area contributed by atoms with Gasteiger partial charge in [-0.05, 0) is 13.0 Å². The zero-order chi connectivity index (χ0) is 32.1. The molecule has 0 saturated carbocycles. The molecule has 0 spiro atoms. The minimum atomic E-state index is -4.90. The molecule has 1 fully saturated rings. The number of piperidine rings is 1. The maximum absolute atomic E-state index is 13.7. The summed E-state index contributed by atoms with van der Waals surface area (Å²) in [5.41, 5.74) is -0.398. The number of thiazole rings is 1. The molecule has 1 atom stereocenters. The molecule has 4 rings (SSSR count). The van der Waals surface area contributed by atoms with E-state index < -0.39 is 77.4 Å². The first-order valence-electron chi connectivity index (χ1n) is 11.9. The first kappa shape index (κ1) is 33.4. The Hall–Kier alpha value is -2.45. The third-order valence-electron chi connectivity index (χ3n) is 6.05. The van der Waals surface area contributed by atoms with E-state index in [1.165, 1.54) is 4.72 Å². The number of hydrogen-bond donors (Lipinski definition) is 1. The molecule has 3 aromatic rings. The molecule has 0 bridgehead atoms. The molecule has 0 aliphatic carbocycles. The van der Waals surface area contributed by atoms with E-state index in [0.717, 1.165) is 34.6 Å². The Morgan fingerprint density at radius 3 is 2.35 bits per heavy atom. The maximum atomic E-state index is 13.7. The topological polar surface area (TPSA) is 152 Å². The Labute approximate surface area is 255 Å². The standard InChI is InChI=1S/C22H20Cl2F5N5O6S3/c1-10(22(27,28)29)33-43(38,39)12-4-3-11(14(23)15(12)24)17-16(20(35)34-7-5-21(25,26)6-8-34)30-19(41-17)18-32-31-13(40-18)9-42(2,36)37/h3-4,10,33H,5-9H2,1-2H3/t10-/m0/s1. The van der Waals surface area contributed by atoms with Gasteiger partial charge >= 0.3 is 6.18 Å². The molecular formula is C22H20Cl2F5N5O6S3. The molecule has 11 nitrogen and oxygen atoms in total. The average molecular weight is 713 g/mol. The van der Waals surface area contributed by atoms with Crippen LogP contribution in [0, 0.1) is 0 Å². The lowest BCUT2D eigenvalue weighted by Crippen LogP contribution is -2.43. The number of carbonyl (C=O) groups excluding carboxylic acids is 1. The fourth-order valence-electron chi connectivity index (χ4n) is 3.83. The van der Waals surface area contributed by atoms with Crippen molar-refractivity contribution < 1.29 is 48.0 Å². The van der Waals surface area contributed by atoms with Crippen molar-refractivity contribution in [3.63, 3.8) is 0 Å². The molecule has 2 aromatic heterocycles. The number of halogens is 7. The minimum Gasteiger partial charge on any atom is -0.418 e. The van der Waals surface area contributed by atoms with Gasteiger partial charge in [-0.1, -0.05) is 29.3 Å². The lowest BCUT2D eigenvalue weighted by Gasteiger charge is -2.31. The normalized spacial score (nSPS) is 16.8. The van der Waals surface area contributed by atoms with Crippen molar-refractivity contribution in [1.82, 2.24) is 24.8 Å². The number of rotatable bonds is 8. The van der Waals surface area contributed by atoms with E-state index in [2.05, 4.69) is 15.2 Å². The van der Waals surface area contributed by atoms with Gasteiger partial charge < -0.3 is 9.32 Å². The summed E-state index contributed by atoms with van der Waals surface area (Å²) in [6.07, 6.45) is -5.17. The van der Waals surface area contributed by atoms with Crippen molar-refractivity contribution in [2.45, 2.75) is 48.6 Å². The van der Waals surface area contributed by atoms with E-state index >= 15 is 0 Å². The van der Waals surface area contributed by atoms with Crippen LogP contribution >= 0.6 is 34.5 Å². The van der Waals surface area contributed by atoms with Crippen LogP contribution in [0.2, 0.25) is 10.0 Å². The second-order valence-electron chi connectivity index (χ2n) is 9.54. The summed E-state index contributed by atoms with van der Waals surface area (Å²) in [6.45, 7) is -0.0364. The van der Waals surface area contributed by atoms with Crippen LogP contribution in [0.5, 0.6) is 0 Å². The van der Waals surface area contributed by atoms with E-state index in [1.54, 1.807) is 0 Å². The van der Waals surface area contributed by atoms with E-state index in [0.29, 0.717) is 6.92 Å². The number of hydrogen-bond acceptors (Lipinski definition) is 10. The highest BCUT2D eigenvalue weighted by atomic mass is 35.5. The van der Waals surface area contributed by atoms with E-state index in [9.17, 15) is 43.6 Å². The quantitative estimate of drug-likeness (QED) is 0.325. The highest BCUT2D eigenvalue weighted by molar-refractivity contribution is 7.90. The predicted molar refractivity (Wildman–Crippen MR) is 145 cm³/mol. The van der Waals surface area contributed by atoms with Gasteiger partial charge in [-0.2, -0.15) is 17.9 Å². The first-order chi connectivity index (χ1) is 19.7. The summed E-state index contributed by atoms with van der Waals surface area (Å²) in [6, 6.07) is -0.497. The SMILES string of the molecule is C[C@H](NS(=O)(=O)c1ccc(-c2sc(-c3nnc(CS(C)(=O)=O)o3)nc2C(=O)N2CCC(F)(F)CC2)c(Cl)c1Cl)C(F)(F)F. The van der Waals surface area contributed by atoms with Crippen molar-refractivity contribution in [3.05, 3.63) is 33.8 Å². The Morgan fingerprint density at radius 1 is 1.14 bits per heavy atom. The minimum absolute atomic E-state index is 0.0346. The Balaban J connectivity index is 1.79. The molecular weight excluding hydrogens is 692 g/mol. The number of nitrogens with zero attached hydrogens (tertiary/aromatic N) is 4. The van der Waals surface area contributed by atoms with Gasteiger partial charge in [0.05, 0.1) is 14.9 Å². The lowest BCUT2D eigenvalue weighted by molar-refractivity contribution is -0.147. The van der Waals surface area contributed by atoms with Gasteiger partial charge in [-0.15, -0.1) is 21.5 Å². The number of amides is 1. The maximum Gasteiger partial charge on any atom is 0.404 e. The lowest BCUT2D eigenvalue weighted by atomic mass is 10.1. The van der Waals surface area contributed by atoms with Gasteiger partial charge in [0, 0.05) is 37.8 Å². The molecule has 43 heavy (non-hydrogen) atoms. The second-order valence-corrected chi connectivity index (χ2v) is 15.1. The van der Waals surface area contributed by atoms with Gasteiger partial charge in [0.2, 0.25) is 15.9 Å². The molecule has 1 saturated heterocycles. The van der Waals surface area contributed by atoms with Crippen LogP contribution in [0.1, 0.15) is 36.1 Å². The summed E-state index contributed by atoms with van der Waals surface area (Å²) < 4.78 is 122. The van der Waals surface area contributed by atoms with Crippen LogP contribution in [0.25, 0.3) is 21.3 Å². The highest BCUT2D eigenvalue weighted by Crippen LogP contribution is 2.44. The van der Waals surface area contributed by atoms with Gasteiger partial charge in [0.25, 0.3) is 17.7 Å². The molecule has 21 heteroatoms. The summed E-state index contributed by atoms with van der Waals surface area (Å²) in [4.78, 5) is 18.0. The number of aromatic nitrogens is 3. The zero-order valence-electron chi connectivity index (χ0n) is 21.9. The van der Waals surface area contributed by atoms with Crippen LogP contribution in [0.3, 0.4) is 0 Å². The van der Waals surface area contributed by atoms with Gasteiger partial charge in [-0.3, -0.25) is 4.79 Å².